The van der Waals surface area contributed by atoms with Gasteiger partial charge in [-0.3, -0.25) is 9.59 Å². The van der Waals surface area contributed by atoms with E-state index in [-0.39, 0.29) is 17.4 Å². The second-order valence-corrected chi connectivity index (χ2v) is 9.07. The van der Waals surface area contributed by atoms with Gasteiger partial charge in [-0.15, -0.1) is 10.5 Å². The van der Waals surface area contributed by atoms with Crippen molar-refractivity contribution in [2.75, 3.05) is 0 Å². The standard InChI is InChI=1S/C21H14BrFO2S/c1-12(24)13-2-6-16(7-3-13)26-19-8-4-14(22)10-17(19)21(25)18-11-15(23)5-9-20(18)26/h2-11,18H,1H3. The van der Waals surface area contributed by atoms with Crippen LogP contribution in [0, 0.1) is 5.92 Å². The lowest BCUT2D eigenvalue weighted by Crippen LogP contribution is -2.27. The summed E-state index contributed by atoms with van der Waals surface area (Å²) in [7, 11) is -0.499. The van der Waals surface area contributed by atoms with Gasteiger partial charge in [0.05, 0.1) is 5.92 Å². The van der Waals surface area contributed by atoms with Gasteiger partial charge in [0.25, 0.3) is 0 Å². The molecule has 1 heterocycles. The second-order valence-electron chi connectivity index (χ2n) is 6.16. The molecule has 5 heteroatoms. The number of allylic oxidation sites excluding steroid dienone is 4. The van der Waals surface area contributed by atoms with Crippen molar-refractivity contribution >= 4 is 42.8 Å². The molecule has 0 saturated heterocycles. The van der Waals surface area contributed by atoms with E-state index in [1.807, 2.05) is 30.3 Å². The van der Waals surface area contributed by atoms with Gasteiger partial charge < -0.3 is 0 Å². The Hall–Kier alpha value is -2.11. The number of hydrogen-bond acceptors (Lipinski definition) is 2. The van der Waals surface area contributed by atoms with E-state index < -0.39 is 16.4 Å². The summed E-state index contributed by atoms with van der Waals surface area (Å²) in [5.41, 5.74) is 1.26. The van der Waals surface area contributed by atoms with Gasteiger partial charge in [0.1, 0.15) is 5.83 Å². The van der Waals surface area contributed by atoms with E-state index in [4.69, 9.17) is 0 Å². The highest BCUT2D eigenvalue weighted by atomic mass is 79.9. The molecule has 1 aliphatic heterocycles. The first kappa shape index (κ1) is 17.3. The van der Waals surface area contributed by atoms with Crippen LogP contribution in [-0.4, -0.2) is 16.4 Å². The van der Waals surface area contributed by atoms with Gasteiger partial charge in [0.2, 0.25) is 0 Å². The van der Waals surface area contributed by atoms with E-state index in [1.54, 1.807) is 18.2 Å². The molecule has 130 valence electrons. The summed E-state index contributed by atoms with van der Waals surface area (Å²) in [5, 5.41) is 0. The van der Waals surface area contributed by atoms with Crippen molar-refractivity contribution in [3.63, 3.8) is 0 Å². The monoisotopic (exact) mass is 428 g/mol. The molecule has 2 atom stereocenters. The second kappa shape index (κ2) is 6.56. The molecule has 2 aromatic carbocycles. The Kier molecular flexibility index (Phi) is 4.37. The van der Waals surface area contributed by atoms with Crippen LogP contribution in [0.3, 0.4) is 0 Å². The van der Waals surface area contributed by atoms with Gasteiger partial charge >= 0.3 is 0 Å². The number of benzene rings is 2. The van der Waals surface area contributed by atoms with E-state index in [0.29, 0.717) is 11.1 Å². The lowest BCUT2D eigenvalue weighted by Gasteiger charge is -2.29. The smallest absolute Gasteiger partial charge is 0.175 e. The lowest BCUT2D eigenvalue weighted by atomic mass is 9.91. The zero-order valence-electron chi connectivity index (χ0n) is 13.8. The molecule has 0 N–H and O–H groups in total. The molecule has 0 spiro atoms. The summed E-state index contributed by atoms with van der Waals surface area (Å²) in [6.07, 6.45) is 4.53. The van der Waals surface area contributed by atoms with Crippen LogP contribution in [0.4, 0.5) is 4.39 Å². The normalized spacial score (nSPS) is 21.1. The number of carbonyl (C=O) groups excluding carboxylic acids is 2. The molecule has 1 aliphatic carbocycles. The van der Waals surface area contributed by atoms with Crippen molar-refractivity contribution in [3.8, 4) is 0 Å². The third-order valence-electron chi connectivity index (χ3n) is 4.48. The van der Waals surface area contributed by atoms with Crippen LogP contribution in [0.15, 0.2) is 80.8 Å². The van der Waals surface area contributed by atoms with E-state index in [2.05, 4.69) is 15.9 Å². The minimum Gasteiger partial charge on any atom is -0.295 e. The largest absolute Gasteiger partial charge is 0.295 e. The molecule has 0 aromatic heterocycles. The molecule has 0 bridgehead atoms. The van der Waals surface area contributed by atoms with Crippen LogP contribution in [0.1, 0.15) is 27.6 Å². The Balaban J connectivity index is 1.98. The van der Waals surface area contributed by atoms with Gasteiger partial charge in [-0.05, 0) is 60.3 Å². The number of fused-ring (bicyclic) bond motifs is 2. The molecule has 0 radical (unpaired) electrons. The van der Waals surface area contributed by atoms with Gasteiger partial charge in [-0.1, -0.05) is 28.1 Å². The fraction of sp³-hybridized carbons (Fsp3) is 0.0952. The number of halogens is 2. The highest BCUT2D eigenvalue weighted by molar-refractivity contribution is 9.10. The number of Topliss-reactive ketones (excluding diaryl/α,β-unsaturated/α-hetero) is 2. The summed E-state index contributed by atoms with van der Waals surface area (Å²) in [4.78, 5) is 27.3. The van der Waals surface area contributed by atoms with Crippen LogP contribution in [-0.2, 0) is 0 Å². The average molecular weight is 429 g/mol. The summed E-state index contributed by atoms with van der Waals surface area (Å²) >= 11 is 3.42. The Bertz CT molecular complexity index is 1050. The van der Waals surface area contributed by atoms with Crippen LogP contribution >= 0.6 is 26.4 Å². The minimum atomic E-state index is -0.586. The Morgan fingerprint density at radius 2 is 1.85 bits per heavy atom. The molecule has 2 unspecified atom stereocenters. The van der Waals surface area contributed by atoms with Crippen molar-refractivity contribution in [1.29, 1.82) is 0 Å². The van der Waals surface area contributed by atoms with Gasteiger partial charge in [-0.25, -0.2) is 4.39 Å². The molecule has 0 fully saturated rings. The first-order chi connectivity index (χ1) is 12.5. The molecule has 4 rings (SSSR count). The molecule has 26 heavy (non-hydrogen) atoms. The first-order valence-electron chi connectivity index (χ1n) is 8.07. The fourth-order valence-corrected chi connectivity index (χ4v) is 5.98. The van der Waals surface area contributed by atoms with Crippen LogP contribution < -0.4 is 0 Å². The maximum absolute atomic E-state index is 13.8. The predicted molar refractivity (Wildman–Crippen MR) is 106 cm³/mol. The van der Waals surface area contributed by atoms with E-state index >= 15 is 0 Å². The molecule has 2 aliphatic rings. The van der Waals surface area contributed by atoms with Gasteiger partial charge in [-0.2, -0.15) is 0 Å². The Labute approximate surface area is 161 Å². The highest BCUT2D eigenvalue weighted by Crippen LogP contribution is 2.47. The van der Waals surface area contributed by atoms with Crippen molar-refractivity contribution in [2.45, 2.75) is 16.7 Å². The highest BCUT2D eigenvalue weighted by Gasteiger charge is 2.34. The number of rotatable bonds is 2. The van der Waals surface area contributed by atoms with E-state index in [1.165, 1.54) is 19.1 Å². The fourth-order valence-electron chi connectivity index (χ4n) is 3.22. The lowest BCUT2D eigenvalue weighted by molar-refractivity contribution is 0.0967. The van der Waals surface area contributed by atoms with Crippen molar-refractivity contribution in [1.82, 2.24) is 0 Å². The average Bonchev–Trinajstić information content (AvgIpc) is 2.63. The third kappa shape index (κ3) is 2.85. The topological polar surface area (TPSA) is 34.1 Å². The van der Waals surface area contributed by atoms with Crippen molar-refractivity contribution in [3.05, 3.63) is 82.1 Å². The molecular weight excluding hydrogens is 415 g/mol. The quantitative estimate of drug-likeness (QED) is 0.450. The molecule has 0 saturated carbocycles. The Morgan fingerprint density at radius 3 is 2.54 bits per heavy atom. The summed E-state index contributed by atoms with van der Waals surface area (Å²) < 4.78 is 14.6. The predicted octanol–water partition coefficient (Wildman–Crippen LogP) is 5.75. The number of ketones is 2. The van der Waals surface area contributed by atoms with E-state index in [9.17, 15) is 14.0 Å². The van der Waals surface area contributed by atoms with Gasteiger partial charge in [0, 0.05) is 25.4 Å². The third-order valence-corrected chi connectivity index (χ3v) is 7.37. The maximum atomic E-state index is 13.8. The minimum absolute atomic E-state index is 0.0103. The summed E-state index contributed by atoms with van der Waals surface area (Å²) in [5.74, 6) is -1.05. The zero-order chi connectivity index (χ0) is 18.4. The van der Waals surface area contributed by atoms with Crippen molar-refractivity contribution in [2.24, 2.45) is 5.92 Å². The first-order valence-corrected chi connectivity index (χ1v) is 10.1. The van der Waals surface area contributed by atoms with Crippen molar-refractivity contribution < 1.29 is 14.0 Å². The molecule has 2 nitrogen and oxygen atoms in total. The zero-order valence-corrected chi connectivity index (χ0v) is 16.2. The van der Waals surface area contributed by atoms with Gasteiger partial charge in [0.15, 0.2) is 11.6 Å². The van der Waals surface area contributed by atoms with Crippen LogP contribution in [0.2, 0.25) is 0 Å². The van der Waals surface area contributed by atoms with Crippen LogP contribution in [0.5, 0.6) is 0 Å². The SMILES string of the molecule is CC(=O)c1ccc(S2=C3C=CC(F)=CC3C(=O)c3cc(Br)ccc32)cc1. The van der Waals surface area contributed by atoms with Crippen LogP contribution in [0.25, 0.3) is 0 Å². The number of hydrogen-bond donors (Lipinski definition) is 0. The molecule has 0 amide bonds. The Morgan fingerprint density at radius 1 is 1.12 bits per heavy atom. The molecular formula is C21H14BrFO2S. The summed E-state index contributed by atoms with van der Waals surface area (Å²) in [6, 6.07) is 13.1. The number of carbonyl (C=O) groups is 2. The maximum Gasteiger partial charge on any atom is 0.175 e. The summed E-state index contributed by atoms with van der Waals surface area (Å²) in [6.45, 7) is 1.53. The molecule has 2 aromatic rings. The van der Waals surface area contributed by atoms with E-state index in [0.717, 1.165) is 19.1 Å².